The first-order valence-electron chi connectivity index (χ1n) is 7.63. The molecule has 0 aliphatic carbocycles. The molecule has 0 aromatic carbocycles. The average Bonchev–Trinajstić information content (AvgIpc) is 2.34. The summed E-state index contributed by atoms with van der Waals surface area (Å²) in [6.45, 7) is 10.8. The molecule has 0 bridgehead atoms. The van der Waals surface area contributed by atoms with Gasteiger partial charge in [0.1, 0.15) is 17.2 Å². The first-order valence-corrected chi connectivity index (χ1v) is 10.2. The molecule has 140 valence electrons. The highest BCUT2D eigenvalue weighted by atomic mass is 33.1. The van der Waals surface area contributed by atoms with Crippen LogP contribution in [0.2, 0.25) is 0 Å². The standard InChI is InChI=1S/C15H29N3O4S2/c1-14(2,3)21-12(19)11(8-10(9-17-16)24-23-7)18-13(20)22-15(4,5)6/h10-11,16H,8-9H2,1-7H3,(H,18,20)/t10?,11-/m0/s1. The van der Waals surface area contributed by atoms with Crippen molar-refractivity contribution in [1.82, 2.24) is 5.32 Å². The minimum atomic E-state index is -0.856. The van der Waals surface area contributed by atoms with Gasteiger partial charge in [0.05, 0.1) is 6.54 Å². The number of ether oxygens (including phenoxy) is 2. The maximum atomic E-state index is 12.4. The van der Waals surface area contributed by atoms with Crippen LogP contribution in [0.15, 0.2) is 5.11 Å². The van der Waals surface area contributed by atoms with Crippen LogP contribution < -0.4 is 5.32 Å². The minimum absolute atomic E-state index is 0.0926. The van der Waals surface area contributed by atoms with Gasteiger partial charge >= 0.3 is 12.1 Å². The number of hydrogen-bond donors (Lipinski definition) is 2. The monoisotopic (exact) mass is 379 g/mol. The van der Waals surface area contributed by atoms with Crippen molar-refractivity contribution in [1.29, 1.82) is 5.53 Å². The van der Waals surface area contributed by atoms with E-state index in [0.29, 0.717) is 6.42 Å². The van der Waals surface area contributed by atoms with Gasteiger partial charge in [0.25, 0.3) is 0 Å². The number of esters is 1. The van der Waals surface area contributed by atoms with Crippen LogP contribution in [0.4, 0.5) is 4.79 Å². The predicted molar refractivity (Wildman–Crippen MR) is 98.5 cm³/mol. The van der Waals surface area contributed by atoms with Crippen LogP contribution in [0.1, 0.15) is 48.0 Å². The number of amides is 1. The van der Waals surface area contributed by atoms with Crippen molar-refractivity contribution in [2.75, 3.05) is 12.8 Å². The molecule has 0 rings (SSSR count). The number of nitrogens with zero attached hydrogens (tertiary/aromatic N) is 1. The second-order valence-electron chi connectivity index (χ2n) is 7.19. The molecule has 0 spiro atoms. The van der Waals surface area contributed by atoms with E-state index in [1.54, 1.807) is 41.5 Å². The van der Waals surface area contributed by atoms with Crippen LogP contribution in [-0.4, -0.2) is 47.4 Å². The summed E-state index contributed by atoms with van der Waals surface area (Å²) in [4.78, 5) is 24.4. The van der Waals surface area contributed by atoms with Crippen molar-refractivity contribution in [3.8, 4) is 0 Å². The third-order valence-corrected chi connectivity index (χ3v) is 4.61. The van der Waals surface area contributed by atoms with E-state index in [9.17, 15) is 9.59 Å². The van der Waals surface area contributed by atoms with Gasteiger partial charge in [-0.05, 0) is 54.2 Å². The molecule has 0 fully saturated rings. The SMILES string of the molecule is CSSC(CN=N)C[C@H](NC(=O)OC(C)(C)C)C(=O)OC(C)(C)C. The fourth-order valence-corrected chi connectivity index (χ4v) is 3.60. The highest BCUT2D eigenvalue weighted by molar-refractivity contribution is 8.76. The number of carbonyl (C=O) groups excluding carboxylic acids is 2. The van der Waals surface area contributed by atoms with Crippen LogP contribution in [-0.2, 0) is 14.3 Å². The van der Waals surface area contributed by atoms with Crippen molar-refractivity contribution < 1.29 is 19.1 Å². The summed E-state index contributed by atoms with van der Waals surface area (Å²) in [7, 11) is 3.03. The summed E-state index contributed by atoms with van der Waals surface area (Å²) in [6.07, 6.45) is 1.54. The van der Waals surface area contributed by atoms with E-state index >= 15 is 0 Å². The van der Waals surface area contributed by atoms with E-state index in [1.807, 2.05) is 6.26 Å². The zero-order valence-electron chi connectivity index (χ0n) is 15.5. The number of hydrogen-bond acceptors (Lipinski definition) is 8. The Morgan fingerprint density at radius 2 is 1.67 bits per heavy atom. The summed E-state index contributed by atoms with van der Waals surface area (Å²) in [6, 6.07) is -0.856. The maximum Gasteiger partial charge on any atom is 0.408 e. The lowest BCUT2D eigenvalue weighted by molar-refractivity contribution is -0.157. The maximum absolute atomic E-state index is 12.4. The third kappa shape index (κ3) is 11.6. The van der Waals surface area contributed by atoms with E-state index in [-0.39, 0.29) is 11.8 Å². The molecule has 0 aromatic rings. The van der Waals surface area contributed by atoms with Gasteiger partial charge in [-0.15, -0.1) is 0 Å². The zero-order chi connectivity index (χ0) is 19.0. The molecule has 0 heterocycles. The molecule has 0 aromatic heterocycles. The van der Waals surface area contributed by atoms with Gasteiger partial charge in [-0.25, -0.2) is 15.1 Å². The third-order valence-electron chi connectivity index (χ3n) is 2.41. The highest BCUT2D eigenvalue weighted by Gasteiger charge is 2.31. The summed E-state index contributed by atoms with van der Waals surface area (Å²) >= 11 is 0. The normalized spacial score (nSPS) is 14.5. The summed E-state index contributed by atoms with van der Waals surface area (Å²) < 4.78 is 10.6. The Morgan fingerprint density at radius 1 is 1.12 bits per heavy atom. The topological polar surface area (TPSA) is 101 Å². The second kappa shape index (κ2) is 10.1. The van der Waals surface area contributed by atoms with Gasteiger partial charge in [-0.3, -0.25) is 0 Å². The molecule has 24 heavy (non-hydrogen) atoms. The molecule has 0 saturated heterocycles. The van der Waals surface area contributed by atoms with Crippen molar-refractivity contribution in [3.63, 3.8) is 0 Å². The van der Waals surface area contributed by atoms with Crippen LogP contribution in [0.5, 0.6) is 0 Å². The van der Waals surface area contributed by atoms with Crippen molar-refractivity contribution in [2.45, 2.75) is 70.5 Å². The Balaban J connectivity index is 5.09. The van der Waals surface area contributed by atoms with Gasteiger partial charge < -0.3 is 14.8 Å². The second-order valence-corrected chi connectivity index (χ2v) is 9.96. The smallest absolute Gasteiger partial charge is 0.408 e. The van der Waals surface area contributed by atoms with Gasteiger partial charge in [0, 0.05) is 5.25 Å². The van der Waals surface area contributed by atoms with E-state index in [1.165, 1.54) is 21.6 Å². The summed E-state index contributed by atoms with van der Waals surface area (Å²) in [5.41, 5.74) is 5.72. The van der Waals surface area contributed by atoms with Crippen LogP contribution in [0.25, 0.3) is 0 Å². The molecule has 9 heteroatoms. The lowest BCUT2D eigenvalue weighted by Gasteiger charge is -2.27. The largest absolute Gasteiger partial charge is 0.458 e. The first kappa shape index (κ1) is 23.0. The van der Waals surface area contributed by atoms with Crippen molar-refractivity contribution in [2.24, 2.45) is 5.11 Å². The fourth-order valence-electron chi connectivity index (χ4n) is 1.68. The molecular formula is C15H29N3O4S2. The predicted octanol–water partition coefficient (Wildman–Crippen LogP) is 4.02. The molecular weight excluding hydrogens is 350 g/mol. The quantitative estimate of drug-likeness (QED) is 0.375. The van der Waals surface area contributed by atoms with E-state index in [2.05, 4.69) is 10.4 Å². The van der Waals surface area contributed by atoms with Gasteiger partial charge in [-0.2, -0.15) is 5.11 Å². The number of nitrogens with one attached hydrogen (secondary N) is 2. The van der Waals surface area contributed by atoms with Gasteiger partial charge in [-0.1, -0.05) is 21.6 Å². The molecule has 0 saturated carbocycles. The fraction of sp³-hybridized carbons (Fsp3) is 0.867. The van der Waals surface area contributed by atoms with E-state index in [0.717, 1.165) is 0 Å². The van der Waals surface area contributed by atoms with Gasteiger partial charge in [0.2, 0.25) is 0 Å². The Hall–Kier alpha value is -0.960. The van der Waals surface area contributed by atoms with E-state index < -0.39 is 29.3 Å². The number of rotatable bonds is 8. The van der Waals surface area contributed by atoms with E-state index in [4.69, 9.17) is 15.0 Å². The molecule has 0 radical (unpaired) electrons. The minimum Gasteiger partial charge on any atom is -0.458 e. The molecule has 1 amide bonds. The highest BCUT2D eigenvalue weighted by Crippen LogP contribution is 2.28. The number of carbonyl (C=O) groups is 2. The van der Waals surface area contributed by atoms with Crippen LogP contribution in [0, 0.1) is 5.53 Å². The Labute approximate surface area is 152 Å². The van der Waals surface area contributed by atoms with Gasteiger partial charge in [0.15, 0.2) is 0 Å². The molecule has 0 aliphatic rings. The molecule has 2 atom stereocenters. The Bertz CT molecular complexity index is 433. The lowest BCUT2D eigenvalue weighted by atomic mass is 10.1. The zero-order valence-corrected chi connectivity index (χ0v) is 17.1. The summed E-state index contributed by atoms with van der Waals surface area (Å²) in [5, 5.41) is 5.89. The van der Waals surface area contributed by atoms with Crippen LogP contribution in [0.3, 0.4) is 0 Å². The van der Waals surface area contributed by atoms with Crippen LogP contribution >= 0.6 is 21.6 Å². The van der Waals surface area contributed by atoms with Crippen molar-refractivity contribution >= 4 is 33.7 Å². The summed E-state index contributed by atoms with van der Waals surface area (Å²) in [5.74, 6) is -0.523. The average molecular weight is 380 g/mol. The first-order chi connectivity index (χ1) is 10.9. The van der Waals surface area contributed by atoms with Crippen molar-refractivity contribution in [3.05, 3.63) is 0 Å². The Morgan fingerprint density at radius 3 is 2.08 bits per heavy atom. The molecule has 2 N–H and O–H groups in total. The molecule has 7 nitrogen and oxygen atoms in total. The Kier molecular flexibility index (Phi) is 9.72. The lowest BCUT2D eigenvalue weighted by Crippen LogP contribution is -2.47. The number of alkyl carbamates (subject to hydrolysis) is 1. The molecule has 0 aliphatic heterocycles. The molecule has 1 unspecified atom stereocenters.